The molecule has 0 aromatic carbocycles. The highest BCUT2D eigenvalue weighted by Crippen LogP contribution is 2.20. The number of carbonyl (C=O) groups is 1. The largest absolute Gasteiger partial charge is 0.465 e. The number of likely N-dealkylation sites (tertiary alicyclic amines) is 2. The Morgan fingerprint density at radius 3 is 2.50 bits per heavy atom. The van der Waals surface area contributed by atoms with E-state index in [1.165, 1.54) is 0 Å². The molecule has 2 saturated heterocycles. The number of piperidine rings is 1. The molecule has 0 spiro atoms. The second-order valence-corrected chi connectivity index (χ2v) is 4.80. The zero-order chi connectivity index (χ0) is 11.5. The summed E-state index contributed by atoms with van der Waals surface area (Å²) < 4.78 is 0. The Hall–Kier alpha value is -0.810. The number of aliphatic hydroxyl groups is 1. The highest BCUT2D eigenvalue weighted by Gasteiger charge is 2.30. The fraction of sp³-hybridized carbons (Fsp3) is 0.909. The zero-order valence-electron chi connectivity index (χ0n) is 9.51. The van der Waals surface area contributed by atoms with Crippen LogP contribution in [0.15, 0.2) is 0 Å². The molecule has 0 radical (unpaired) electrons. The van der Waals surface area contributed by atoms with E-state index in [1.54, 1.807) is 4.90 Å². The maximum absolute atomic E-state index is 11.0. The van der Waals surface area contributed by atoms with Gasteiger partial charge in [-0.3, -0.25) is 0 Å². The standard InChI is InChI=1S/C11H20N2O3/c14-10-3-6-12(7-4-10)8-9-2-1-5-13(9)11(15)16/h9-10,14H,1-8H2,(H,15,16)/t9-/m0/s1. The van der Waals surface area contributed by atoms with Crippen molar-refractivity contribution in [3.63, 3.8) is 0 Å². The Kier molecular flexibility index (Phi) is 3.66. The van der Waals surface area contributed by atoms with Crippen molar-refractivity contribution in [3.05, 3.63) is 0 Å². The number of carboxylic acid groups (broad SMARTS) is 1. The molecular formula is C11H20N2O3. The Morgan fingerprint density at radius 2 is 1.88 bits per heavy atom. The average Bonchev–Trinajstić information content (AvgIpc) is 2.69. The third-order valence-corrected chi connectivity index (χ3v) is 3.65. The molecule has 5 heteroatoms. The van der Waals surface area contributed by atoms with E-state index in [-0.39, 0.29) is 12.1 Å². The van der Waals surface area contributed by atoms with Crippen LogP contribution in [0.2, 0.25) is 0 Å². The molecule has 2 fully saturated rings. The van der Waals surface area contributed by atoms with E-state index < -0.39 is 6.09 Å². The number of hydrogen-bond donors (Lipinski definition) is 2. The van der Waals surface area contributed by atoms with E-state index in [0.717, 1.165) is 45.3 Å². The van der Waals surface area contributed by atoms with Gasteiger partial charge in [-0.2, -0.15) is 0 Å². The van der Waals surface area contributed by atoms with Crippen LogP contribution in [0.1, 0.15) is 25.7 Å². The van der Waals surface area contributed by atoms with Crippen molar-refractivity contribution in [1.82, 2.24) is 9.80 Å². The molecule has 0 aromatic heterocycles. The molecule has 2 rings (SSSR count). The number of nitrogens with zero attached hydrogens (tertiary/aromatic N) is 2. The normalized spacial score (nSPS) is 28.6. The van der Waals surface area contributed by atoms with E-state index >= 15 is 0 Å². The molecule has 2 aliphatic heterocycles. The quantitative estimate of drug-likeness (QED) is 0.726. The lowest BCUT2D eigenvalue weighted by molar-refractivity contribution is 0.0674. The Labute approximate surface area is 95.6 Å². The van der Waals surface area contributed by atoms with Crippen molar-refractivity contribution in [2.45, 2.75) is 37.8 Å². The molecule has 5 nitrogen and oxygen atoms in total. The average molecular weight is 228 g/mol. The van der Waals surface area contributed by atoms with Gasteiger partial charge in [-0.15, -0.1) is 0 Å². The molecule has 1 amide bonds. The van der Waals surface area contributed by atoms with E-state index in [2.05, 4.69) is 4.90 Å². The summed E-state index contributed by atoms with van der Waals surface area (Å²) in [5.74, 6) is 0. The predicted molar refractivity (Wildman–Crippen MR) is 59.4 cm³/mol. The minimum Gasteiger partial charge on any atom is -0.465 e. The molecular weight excluding hydrogens is 208 g/mol. The van der Waals surface area contributed by atoms with E-state index in [4.69, 9.17) is 5.11 Å². The van der Waals surface area contributed by atoms with Gasteiger partial charge in [0.15, 0.2) is 0 Å². The smallest absolute Gasteiger partial charge is 0.407 e. The first kappa shape index (κ1) is 11.7. The van der Waals surface area contributed by atoms with Gasteiger partial charge in [-0.05, 0) is 25.7 Å². The first-order valence-corrected chi connectivity index (χ1v) is 6.07. The van der Waals surface area contributed by atoms with Crippen LogP contribution in [-0.4, -0.2) is 64.4 Å². The second-order valence-electron chi connectivity index (χ2n) is 4.80. The van der Waals surface area contributed by atoms with Gasteiger partial charge < -0.3 is 20.0 Å². The maximum Gasteiger partial charge on any atom is 0.407 e. The minimum atomic E-state index is -0.792. The SMILES string of the molecule is O=C(O)N1CCC[C@H]1CN1CCC(O)CC1. The number of amides is 1. The highest BCUT2D eigenvalue weighted by atomic mass is 16.4. The van der Waals surface area contributed by atoms with Crippen molar-refractivity contribution in [3.8, 4) is 0 Å². The van der Waals surface area contributed by atoms with Gasteiger partial charge in [0.1, 0.15) is 0 Å². The first-order chi connectivity index (χ1) is 7.66. The molecule has 0 aromatic rings. The van der Waals surface area contributed by atoms with Crippen molar-refractivity contribution >= 4 is 6.09 Å². The highest BCUT2D eigenvalue weighted by molar-refractivity contribution is 5.65. The van der Waals surface area contributed by atoms with Gasteiger partial charge in [0.25, 0.3) is 0 Å². The molecule has 2 N–H and O–H groups in total. The molecule has 0 saturated carbocycles. The summed E-state index contributed by atoms with van der Waals surface area (Å²) in [5, 5.41) is 18.4. The summed E-state index contributed by atoms with van der Waals surface area (Å²) in [6.07, 6.45) is 2.65. The van der Waals surface area contributed by atoms with Crippen LogP contribution in [0.5, 0.6) is 0 Å². The summed E-state index contributed by atoms with van der Waals surface area (Å²) in [7, 11) is 0. The Bertz CT molecular complexity index is 252. The number of hydrogen-bond acceptors (Lipinski definition) is 3. The fourth-order valence-corrected chi connectivity index (χ4v) is 2.68. The molecule has 16 heavy (non-hydrogen) atoms. The molecule has 1 atom stereocenters. The maximum atomic E-state index is 11.0. The first-order valence-electron chi connectivity index (χ1n) is 6.07. The van der Waals surface area contributed by atoms with Crippen LogP contribution in [0.4, 0.5) is 4.79 Å². The lowest BCUT2D eigenvalue weighted by Crippen LogP contribution is -2.45. The van der Waals surface area contributed by atoms with Crippen molar-refractivity contribution in [2.75, 3.05) is 26.2 Å². The molecule has 2 aliphatic rings. The monoisotopic (exact) mass is 228 g/mol. The number of rotatable bonds is 2. The molecule has 0 bridgehead atoms. The van der Waals surface area contributed by atoms with Gasteiger partial charge in [-0.25, -0.2) is 4.79 Å². The van der Waals surface area contributed by atoms with Crippen molar-refractivity contribution < 1.29 is 15.0 Å². The molecule has 0 aliphatic carbocycles. The van der Waals surface area contributed by atoms with Crippen molar-refractivity contribution in [1.29, 1.82) is 0 Å². The molecule has 0 unspecified atom stereocenters. The Balaban J connectivity index is 1.82. The van der Waals surface area contributed by atoms with Crippen molar-refractivity contribution in [2.24, 2.45) is 0 Å². The summed E-state index contributed by atoms with van der Waals surface area (Å²) in [4.78, 5) is 14.8. The third kappa shape index (κ3) is 2.65. The summed E-state index contributed by atoms with van der Waals surface area (Å²) in [6.45, 7) is 3.30. The lowest BCUT2D eigenvalue weighted by Gasteiger charge is -2.33. The number of aliphatic hydroxyl groups excluding tert-OH is 1. The van der Waals surface area contributed by atoms with Crippen LogP contribution in [-0.2, 0) is 0 Å². The topological polar surface area (TPSA) is 64.0 Å². The summed E-state index contributed by atoms with van der Waals surface area (Å²) >= 11 is 0. The van der Waals surface area contributed by atoms with Crippen LogP contribution in [0.25, 0.3) is 0 Å². The van der Waals surface area contributed by atoms with Gasteiger partial charge in [0.05, 0.1) is 6.10 Å². The second kappa shape index (κ2) is 5.01. The van der Waals surface area contributed by atoms with Crippen LogP contribution in [0, 0.1) is 0 Å². The summed E-state index contributed by atoms with van der Waals surface area (Å²) in [5.41, 5.74) is 0. The van der Waals surface area contributed by atoms with Crippen LogP contribution >= 0.6 is 0 Å². The fourth-order valence-electron chi connectivity index (χ4n) is 2.68. The zero-order valence-corrected chi connectivity index (χ0v) is 9.51. The molecule has 2 heterocycles. The predicted octanol–water partition coefficient (Wildman–Crippen LogP) is 0.585. The van der Waals surface area contributed by atoms with Crippen LogP contribution < -0.4 is 0 Å². The van der Waals surface area contributed by atoms with Crippen LogP contribution in [0.3, 0.4) is 0 Å². The minimum absolute atomic E-state index is 0.157. The molecule has 92 valence electrons. The van der Waals surface area contributed by atoms with Gasteiger partial charge >= 0.3 is 6.09 Å². The van der Waals surface area contributed by atoms with E-state index in [0.29, 0.717) is 6.54 Å². The van der Waals surface area contributed by atoms with E-state index in [9.17, 15) is 9.90 Å². The van der Waals surface area contributed by atoms with E-state index in [1.807, 2.05) is 0 Å². The lowest BCUT2D eigenvalue weighted by atomic mass is 10.1. The van der Waals surface area contributed by atoms with Gasteiger partial charge in [0, 0.05) is 32.2 Å². The van der Waals surface area contributed by atoms with Gasteiger partial charge in [0.2, 0.25) is 0 Å². The Morgan fingerprint density at radius 1 is 1.19 bits per heavy atom. The third-order valence-electron chi connectivity index (χ3n) is 3.65. The van der Waals surface area contributed by atoms with Gasteiger partial charge in [-0.1, -0.05) is 0 Å². The summed E-state index contributed by atoms with van der Waals surface area (Å²) in [6, 6.07) is 0.160.